The molecule has 1 aliphatic rings. The molecule has 28 heavy (non-hydrogen) atoms. The van der Waals surface area contributed by atoms with E-state index in [0.717, 1.165) is 36.0 Å². The van der Waals surface area contributed by atoms with Crippen LogP contribution in [0.25, 0.3) is 0 Å². The maximum atomic E-state index is 13.0. The van der Waals surface area contributed by atoms with Crippen molar-refractivity contribution in [1.82, 2.24) is 14.8 Å². The second-order valence-corrected chi connectivity index (χ2v) is 8.44. The van der Waals surface area contributed by atoms with Crippen molar-refractivity contribution in [3.05, 3.63) is 39.3 Å². The summed E-state index contributed by atoms with van der Waals surface area (Å²) >= 11 is 4.63. The van der Waals surface area contributed by atoms with Crippen molar-refractivity contribution in [1.29, 1.82) is 0 Å². The molecule has 0 saturated carbocycles. The highest BCUT2D eigenvalue weighted by Crippen LogP contribution is 2.34. The number of nitrogen functional groups attached to an aromatic ring is 2. The molecule has 0 amide bonds. The van der Waals surface area contributed by atoms with Crippen LogP contribution in [0.1, 0.15) is 11.1 Å². The summed E-state index contributed by atoms with van der Waals surface area (Å²) in [5.41, 5.74) is 10.5. The Kier molecular flexibility index (Phi) is 9.87. The van der Waals surface area contributed by atoms with E-state index in [0.29, 0.717) is 17.2 Å². The Morgan fingerprint density at radius 1 is 1.21 bits per heavy atom. The van der Waals surface area contributed by atoms with Gasteiger partial charge in [-0.25, -0.2) is 4.98 Å². The van der Waals surface area contributed by atoms with E-state index >= 15 is 0 Å². The van der Waals surface area contributed by atoms with Crippen LogP contribution in [-0.4, -0.2) is 54.8 Å². The van der Waals surface area contributed by atoms with Gasteiger partial charge in [0, 0.05) is 38.4 Å². The lowest BCUT2D eigenvalue weighted by atomic mass is 10.1. The average Bonchev–Trinajstić information content (AvgIpc) is 3.03. The van der Waals surface area contributed by atoms with E-state index in [4.69, 9.17) is 16.3 Å². The molecule has 11 heteroatoms. The van der Waals surface area contributed by atoms with E-state index in [1.165, 1.54) is 23.5 Å². The minimum Gasteiger partial charge on any atom is -0.399 e. The van der Waals surface area contributed by atoms with Gasteiger partial charge in [0.1, 0.15) is 6.79 Å². The summed E-state index contributed by atoms with van der Waals surface area (Å²) in [6, 6.07) is 4.03. The third-order valence-corrected chi connectivity index (χ3v) is 5.23. The minimum atomic E-state index is -4.35. The van der Waals surface area contributed by atoms with Crippen molar-refractivity contribution >= 4 is 44.9 Å². The average molecular weight is 482 g/mol. The van der Waals surface area contributed by atoms with Crippen LogP contribution in [0, 0.1) is 0 Å². The number of carbonyl (C=O) groups excluding carboxylic acids is 1. The largest absolute Gasteiger partial charge is 0.416 e. The molecule has 0 bridgehead atoms. The number of likely N-dealkylation sites (N-methyl/N-ethyl adjacent to an activating group) is 1. The summed E-state index contributed by atoms with van der Waals surface area (Å²) in [5, 5.41) is 0.604. The monoisotopic (exact) mass is 481 g/mol. The van der Waals surface area contributed by atoms with E-state index in [9.17, 15) is 13.2 Å². The van der Waals surface area contributed by atoms with E-state index in [1.54, 1.807) is 6.20 Å². The molecule has 0 atom stereocenters. The zero-order valence-corrected chi connectivity index (χ0v) is 17.8. The Bertz CT molecular complexity index is 719. The van der Waals surface area contributed by atoms with Crippen LogP contribution in [0.3, 0.4) is 0 Å². The molecule has 1 aromatic carbocycles. The molecule has 4 N–H and O–H groups in total. The highest BCUT2D eigenvalue weighted by atomic mass is 79.9. The molecule has 156 valence electrons. The van der Waals surface area contributed by atoms with Gasteiger partial charge in [0.2, 0.25) is 0 Å². The predicted molar refractivity (Wildman–Crippen MR) is 110 cm³/mol. The summed E-state index contributed by atoms with van der Waals surface area (Å²) in [6.45, 7) is 5.67. The summed E-state index contributed by atoms with van der Waals surface area (Å²) in [6.07, 6.45) is -2.67. The standard InChI is InChI=1S/C13H18F3N3.C3H3BrN2S.CH2O/c1-18-4-6-19(7-5-18)9-10-2-3-11(17)8-12(10)13(14,15)16;4-2-1-6-3(5)7-2;1-2/h2-3,8H,4-7,9,17H2,1H3;1H,(H2,5,6);1H2. The SMILES string of the molecule is C=O.CN1CCN(Cc2ccc(N)cc2C(F)(F)F)CC1.Nc1ncc(Br)s1. The minimum absolute atomic E-state index is 0.148. The number of anilines is 2. The fraction of sp³-hybridized carbons (Fsp3) is 0.412. The van der Waals surface area contributed by atoms with Crippen molar-refractivity contribution in [3.63, 3.8) is 0 Å². The Morgan fingerprint density at radius 3 is 2.25 bits per heavy atom. The molecule has 1 saturated heterocycles. The van der Waals surface area contributed by atoms with Crippen molar-refractivity contribution in [2.24, 2.45) is 0 Å². The number of halogens is 4. The number of hydrogen-bond acceptors (Lipinski definition) is 7. The van der Waals surface area contributed by atoms with Gasteiger partial charge in [-0.05, 0) is 40.7 Å². The molecular formula is C17H23BrF3N5OS. The van der Waals surface area contributed by atoms with Gasteiger partial charge in [-0.2, -0.15) is 13.2 Å². The highest BCUT2D eigenvalue weighted by molar-refractivity contribution is 9.11. The second kappa shape index (κ2) is 11.3. The first-order valence-electron chi connectivity index (χ1n) is 8.17. The van der Waals surface area contributed by atoms with Crippen molar-refractivity contribution in [2.75, 3.05) is 44.7 Å². The number of nitrogens with zero attached hydrogens (tertiary/aromatic N) is 3. The second-order valence-electron chi connectivity index (χ2n) is 6.00. The van der Waals surface area contributed by atoms with Crippen LogP contribution < -0.4 is 11.5 Å². The molecule has 1 fully saturated rings. The lowest BCUT2D eigenvalue weighted by Gasteiger charge is -2.32. The van der Waals surface area contributed by atoms with Crippen molar-refractivity contribution < 1.29 is 18.0 Å². The molecule has 0 unspecified atom stereocenters. The van der Waals surface area contributed by atoms with Gasteiger partial charge < -0.3 is 21.2 Å². The van der Waals surface area contributed by atoms with E-state index in [1.807, 2.05) is 18.7 Å². The summed E-state index contributed by atoms with van der Waals surface area (Å²) in [5.74, 6) is 0. The van der Waals surface area contributed by atoms with Crippen molar-refractivity contribution in [2.45, 2.75) is 12.7 Å². The number of nitrogens with two attached hydrogens (primary N) is 2. The summed E-state index contributed by atoms with van der Waals surface area (Å²) < 4.78 is 39.9. The number of carbonyl (C=O) groups is 1. The van der Waals surface area contributed by atoms with Gasteiger partial charge in [0.15, 0.2) is 5.13 Å². The van der Waals surface area contributed by atoms with Crippen LogP contribution in [-0.2, 0) is 17.5 Å². The number of aromatic nitrogens is 1. The summed E-state index contributed by atoms with van der Waals surface area (Å²) in [7, 11) is 2.02. The first-order chi connectivity index (χ1) is 13.1. The maximum absolute atomic E-state index is 13.0. The zero-order chi connectivity index (χ0) is 21.3. The fourth-order valence-corrected chi connectivity index (χ4v) is 3.52. The van der Waals surface area contributed by atoms with Gasteiger partial charge in [-0.15, -0.1) is 0 Å². The van der Waals surface area contributed by atoms with Crippen LogP contribution in [0.2, 0.25) is 0 Å². The predicted octanol–water partition coefficient (Wildman–Crippen LogP) is 3.34. The Labute approximate surface area is 174 Å². The molecule has 0 radical (unpaired) electrons. The van der Waals surface area contributed by atoms with E-state index in [2.05, 4.69) is 25.8 Å². The normalized spacial score (nSPS) is 15.2. The van der Waals surface area contributed by atoms with Crippen LogP contribution in [0.5, 0.6) is 0 Å². The zero-order valence-electron chi connectivity index (χ0n) is 15.4. The van der Waals surface area contributed by atoms with Crippen LogP contribution in [0.15, 0.2) is 28.2 Å². The molecule has 2 heterocycles. The van der Waals surface area contributed by atoms with Crippen LogP contribution in [0.4, 0.5) is 24.0 Å². The Balaban J connectivity index is 0.000000363. The third kappa shape index (κ3) is 8.13. The smallest absolute Gasteiger partial charge is 0.399 e. The molecule has 6 nitrogen and oxygen atoms in total. The lowest BCUT2D eigenvalue weighted by Crippen LogP contribution is -2.44. The molecule has 2 aromatic rings. The van der Waals surface area contributed by atoms with Gasteiger partial charge in [0.25, 0.3) is 0 Å². The summed E-state index contributed by atoms with van der Waals surface area (Å²) in [4.78, 5) is 16.0. The quantitative estimate of drug-likeness (QED) is 0.639. The number of benzene rings is 1. The topological polar surface area (TPSA) is 88.5 Å². The molecule has 3 rings (SSSR count). The maximum Gasteiger partial charge on any atom is 0.416 e. The van der Waals surface area contributed by atoms with E-state index in [-0.39, 0.29) is 5.69 Å². The molecular weight excluding hydrogens is 459 g/mol. The van der Waals surface area contributed by atoms with E-state index < -0.39 is 11.7 Å². The lowest BCUT2D eigenvalue weighted by molar-refractivity contribution is -0.138. The first-order valence-corrected chi connectivity index (χ1v) is 9.78. The van der Waals surface area contributed by atoms with Crippen molar-refractivity contribution in [3.8, 4) is 0 Å². The number of piperazine rings is 1. The Morgan fingerprint density at radius 2 is 1.82 bits per heavy atom. The molecule has 1 aliphatic heterocycles. The molecule has 0 spiro atoms. The third-order valence-electron chi connectivity index (χ3n) is 3.92. The van der Waals surface area contributed by atoms with Gasteiger partial charge >= 0.3 is 6.18 Å². The Hall–Kier alpha value is -1.69. The number of alkyl halides is 3. The van der Waals surface area contributed by atoms with Gasteiger partial charge in [-0.1, -0.05) is 17.4 Å². The van der Waals surface area contributed by atoms with Gasteiger partial charge in [-0.3, -0.25) is 4.90 Å². The number of hydrogen-bond donors (Lipinski definition) is 2. The van der Waals surface area contributed by atoms with Crippen LogP contribution >= 0.6 is 27.3 Å². The number of rotatable bonds is 2. The highest BCUT2D eigenvalue weighted by Gasteiger charge is 2.34. The fourth-order valence-electron chi connectivity index (χ4n) is 2.51. The van der Waals surface area contributed by atoms with Gasteiger partial charge in [0.05, 0.1) is 15.5 Å². The molecule has 1 aromatic heterocycles. The molecule has 0 aliphatic carbocycles. The first kappa shape index (κ1) is 24.3. The number of thiazole rings is 1.